The highest BCUT2D eigenvalue weighted by Gasteiger charge is 2.28. The van der Waals surface area contributed by atoms with Crippen LogP contribution in [0.1, 0.15) is 42.8 Å². The monoisotopic (exact) mass is 225 g/mol. The van der Waals surface area contributed by atoms with E-state index in [-0.39, 0.29) is 0 Å². The van der Waals surface area contributed by atoms with E-state index in [1.54, 1.807) is 0 Å². The molecule has 4 heteroatoms. The Morgan fingerprint density at radius 3 is 2.67 bits per heavy atom. The molecule has 0 radical (unpaired) electrons. The fraction of sp³-hybridized carbons (Fsp3) is 0.636. The summed E-state index contributed by atoms with van der Waals surface area (Å²) in [5, 5.41) is 0.606. The third-order valence-electron chi connectivity index (χ3n) is 2.73. The van der Waals surface area contributed by atoms with Crippen LogP contribution >= 0.6 is 11.6 Å². The number of nitrogens with zero attached hydrogens (tertiary/aromatic N) is 2. The Morgan fingerprint density at radius 1 is 1.40 bits per heavy atom. The molecule has 82 valence electrons. The average molecular weight is 226 g/mol. The van der Waals surface area contributed by atoms with Crippen molar-refractivity contribution in [3.8, 4) is 0 Å². The molecule has 1 aromatic heterocycles. The molecule has 0 bridgehead atoms. The highest BCUT2D eigenvalue weighted by molar-refractivity contribution is 6.30. The van der Waals surface area contributed by atoms with Crippen molar-refractivity contribution in [2.75, 3.05) is 6.54 Å². The van der Waals surface area contributed by atoms with E-state index in [1.807, 2.05) is 0 Å². The van der Waals surface area contributed by atoms with Gasteiger partial charge in [-0.15, -0.1) is 0 Å². The highest BCUT2D eigenvalue weighted by Crippen LogP contribution is 2.39. The summed E-state index contributed by atoms with van der Waals surface area (Å²) in [4.78, 5) is 8.94. The molecule has 1 heterocycles. The first kappa shape index (κ1) is 10.8. The number of rotatable bonds is 4. The predicted molar refractivity (Wildman–Crippen MR) is 61.2 cm³/mol. The van der Waals surface area contributed by atoms with Gasteiger partial charge in [0.1, 0.15) is 11.0 Å². The number of aryl methyl sites for hydroxylation is 1. The van der Waals surface area contributed by atoms with E-state index in [1.165, 1.54) is 12.8 Å². The Balaban J connectivity index is 2.36. The Hall–Kier alpha value is -0.670. The zero-order valence-electron chi connectivity index (χ0n) is 8.96. The number of nitrogens with two attached hydrogens (primary N) is 1. The predicted octanol–water partition coefficient (Wildman–Crippen LogP) is 2.07. The molecule has 0 atom stereocenters. The van der Waals surface area contributed by atoms with Crippen molar-refractivity contribution in [3.05, 3.63) is 22.2 Å². The summed E-state index contributed by atoms with van der Waals surface area (Å²) in [6.07, 6.45) is 4.08. The van der Waals surface area contributed by atoms with Gasteiger partial charge in [-0.05, 0) is 32.2 Å². The molecule has 0 spiro atoms. The molecule has 0 amide bonds. The molecule has 0 unspecified atom stereocenters. The Kier molecular flexibility index (Phi) is 3.22. The smallest absolute Gasteiger partial charge is 0.136 e. The molecule has 0 aromatic carbocycles. The third kappa shape index (κ3) is 2.29. The lowest BCUT2D eigenvalue weighted by atomic mass is 10.1. The maximum Gasteiger partial charge on any atom is 0.136 e. The van der Waals surface area contributed by atoms with Crippen LogP contribution in [0.3, 0.4) is 0 Å². The van der Waals surface area contributed by atoms with Gasteiger partial charge >= 0.3 is 0 Å². The average Bonchev–Trinajstić information content (AvgIpc) is 3.04. The number of aromatic nitrogens is 2. The molecule has 1 aliphatic carbocycles. The molecule has 1 saturated carbocycles. The van der Waals surface area contributed by atoms with Gasteiger partial charge in [0.2, 0.25) is 0 Å². The number of hydrogen-bond donors (Lipinski definition) is 1. The van der Waals surface area contributed by atoms with Gasteiger partial charge in [0.15, 0.2) is 0 Å². The zero-order valence-corrected chi connectivity index (χ0v) is 9.72. The molecular weight excluding hydrogens is 210 g/mol. The number of halogens is 1. The molecule has 3 nitrogen and oxygen atoms in total. The summed E-state index contributed by atoms with van der Waals surface area (Å²) in [6, 6.07) is 0. The van der Waals surface area contributed by atoms with Crippen molar-refractivity contribution < 1.29 is 0 Å². The Morgan fingerprint density at radius 2 is 2.13 bits per heavy atom. The van der Waals surface area contributed by atoms with Crippen molar-refractivity contribution in [2.24, 2.45) is 5.73 Å². The van der Waals surface area contributed by atoms with E-state index in [0.29, 0.717) is 17.6 Å². The van der Waals surface area contributed by atoms with Crippen LogP contribution < -0.4 is 5.73 Å². The fourth-order valence-electron chi connectivity index (χ4n) is 1.73. The van der Waals surface area contributed by atoms with Crippen molar-refractivity contribution in [1.29, 1.82) is 0 Å². The lowest BCUT2D eigenvalue weighted by Gasteiger charge is -2.09. The van der Waals surface area contributed by atoms with E-state index < -0.39 is 0 Å². The van der Waals surface area contributed by atoms with Crippen LogP contribution in [0.4, 0.5) is 0 Å². The van der Waals surface area contributed by atoms with Crippen LogP contribution in [0.5, 0.6) is 0 Å². The Labute approximate surface area is 95.1 Å². The summed E-state index contributed by atoms with van der Waals surface area (Å²) >= 11 is 6.16. The van der Waals surface area contributed by atoms with Crippen LogP contribution in [-0.2, 0) is 12.8 Å². The number of hydrogen-bond acceptors (Lipinski definition) is 3. The first-order chi connectivity index (χ1) is 7.26. The largest absolute Gasteiger partial charge is 0.330 e. The highest BCUT2D eigenvalue weighted by atomic mass is 35.5. The zero-order chi connectivity index (χ0) is 10.8. The van der Waals surface area contributed by atoms with Crippen LogP contribution in [-0.4, -0.2) is 16.5 Å². The summed E-state index contributed by atoms with van der Waals surface area (Å²) in [6.45, 7) is 2.69. The molecule has 2 N–H and O–H groups in total. The van der Waals surface area contributed by atoms with Gasteiger partial charge in [-0.3, -0.25) is 0 Å². The van der Waals surface area contributed by atoms with Gasteiger partial charge in [0, 0.05) is 17.2 Å². The minimum absolute atomic E-state index is 0.555. The lowest BCUT2D eigenvalue weighted by molar-refractivity contribution is 0.830. The molecule has 1 fully saturated rings. The van der Waals surface area contributed by atoms with Gasteiger partial charge in [0.05, 0.1) is 0 Å². The van der Waals surface area contributed by atoms with E-state index in [4.69, 9.17) is 17.3 Å². The SMILES string of the molecule is CCc1nc(C2CC2)nc(Cl)c1CCN. The normalized spacial score (nSPS) is 15.7. The molecule has 1 aliphatic rings. The van der Waals surface area contributed by atoms with Crippen LogP contribution in [0.2, 0.25) is 5.15 Å². The molecule has 0 saturated heterocycles. The van der Waals surface area contributed by atoms with Crippen molar-refractivity contribution in [3.63, 3.8) is 0 Å². The standard InChI is InChI=1S/C11H16ClN3/c1-2-9-8(5-6-13)10(12)15-11(14-9)7-3-4-7/h7H,2-6,13H2,1H3. The van der Waals surface area contributed by atoms with E-state index in [9.17, 15) is 0 Å². The second kappa shape index (κ2) is 4.45. The van der Waals surface area contributed by atoms with Gasteiger partial charge in [-0.1, -0.05) is 18.5 Å². The van der Waals surface area contributed by atoms with Gasteiger partial charge < -0.3 is 5.73 Å². The molecule has 2 rings (SSSR count). The summed E-state index contributed by atoms with van der Waals surface area (Å²) < 4.78 is 0. The quantitative estimate of drug-likeness (QED) is 0.799. The van der Waals surface area contributed by atoms with Crippen molar-refractivity contribution in [2.45, 2.75) is 38.5 Å². The second-order valence-electron chi connectivity index (χ2n) is 3.96. The molecular formula is C11H16ClN3. The van der Waals surface area contributed by atoms with Gasteiger partial charge in [0.25, 0.3) is 0 Å². The van der Waals surface area contributed by atoms with Crippen LogP contribution in [0.15, 0.2) is 0 Å². The minimum Gasteiger partial charge on any atom is -0.330 e. The summed E-state index contributed by atoms with van der Waals surface area (Å²) in [7, 11) is 0. The first-order valence-corrected chi connectivity index (χ1v) is 5.89. The molecule has 0 aliphatic heterocycles. The van der Waals surface area contributed by atoms with Crippen LogP contribution in [0, 0.1) is 0 Å². The molecule has 1 aromatic rings. The summed E-state index contributed by atoms with van der Waals surface area (Å²) in [5.74, 6) is 1.48. The van der Waals surface area contributed by atoms with E-state index in [0.717, 1.165) is 29.9 Å². The van der Waals surface area contributed by atoms with E-state index >= 15 is 0 Å². The van der Waals surface area contributed by atoms with Crippen molar-refractivity contribution >= 4 is 11.6 Å². The topological polar surface area (TPSA) is 51.8 Å². The lowest BCUT2D eigenvalue weighted by Crippen LogP contribution is -2.10. The first-order valence-electron chi connectivity index (χ1n) is 5.51. The Bertz CT molecular complexity index is 361. The molecule has 15 heavy (non-hydrogen) atoms. The van der Waals surface area contributed by atoms with Crippen molar-refractivity contribution in [1.82, 2.24) is 9.97 Å². The third-order valence-corrected chi connectivity index (χ3v) is 3.04. The van der Waals surface area contributed by atoms with Gasteiger partial charge in [-0.2, -0.15) is 0 Å². The second-order valence-corrected chi connectivity index (χ2v) is 4.32. The van der Waals surface area contributed by atoms with Crippen LogP contribution in [0.25, 0.3) is 0 Å². The fourth-order valence-corrected chi connectivity index (χ4v) is 2.02. The minimum atomic E-state index is 0.555. The van der Waals surface area contributed by atoms with Gasteiger partial charge in [-0.25, -0.2) is 9.97 Å². The maximum atomic E-state index is 6.16. The van der Waals surface area contributed by atoms with E-state index in [2.05, 4.69) is 16.9 Å². The maximum absolute atomic E-state index is 6.16. The summed E-state index contributed by atoms with van der Waals surface area (Å²) in [5.41, 5.74) is 7.65.